The molecule has 1 heterocycles. The molecule has 0 amide bonds. The van der Waals surface area contributed by atoms with Crippen LogP contribution in [0.1, 0.15) is 33.1 Å². The summed E-state index contributed by atoms with van der Waals surface area (Å²) in [5.41, 5.74) is -0.239. The minimum Gasteiger partial charge on any atom is -0.307 e. The molecule has 1 aliphatic heterocycles. The van der Waals surface area contributed by atoms with Crippen molar-refractivity contribution in [3.63, 3.8) is 0 Å². The Morgan fingerprint density at radius 3 is 2.36 bits per heavy atom. The monoisotopic (exact) mass is 217 g/mol. The van der Waals surface area contributed by atoms with Gasteiger partial charge in [-0.25, -0.2) is 8.42 Å². The molecule has 1 aliphatic carbocycles. The van der Waals surface area contributed by atoms with Crippen LogP contribution in [0, 0.1) is 5.92 Å². The summed E-state index contributed by atoms with van der Waals surface area (Å²) in [6.07, 6.45) is 3.66. The standard InChI is InChI=1S/C10H19NO2S/c1-10(2)7-14(12,13)6-9(11-10)8-4-3-5-8/h8-9,11H,3-7H2,1-2H3. The van der Waals surface area contributed by atoms with E-state index in [1.807, 2.05) is 13.8 Å². The molecule has 1 saturated heterocycles. The summed E-state index contributed by atoms with van der Waals surface area (Å²) in [6.45, 7) is 3.96. The molecule has 1 N–H and O–H groups in total. The van der Waals surface area contributed by atoms with Crippen LogP contribution in [-0.2, 0) is 9.84 Å². The lowest BCUT2D eigenvalue weighted by atomic mass is 9.79. The van der Waals surface area contributed by atoms with Crippen molar-refractivity contribution < 1.29 is 8.42 Å². The highest BCUT2D eigenvalue weighted by atomic mass is 32.2. The van der Waals surface area contributed by atoms with E-state index in [1.165, 1.54) is 19.3 Å². The molecule has 0 bridgehead atoms. The second-order valence-electron chi connectivity index (χ2n) is 5.38. The van der Waals surface area contributed by atoms with E-state index in [9.17, 15) is 8.42 Å². The van der Waals surface area contributed by atoms with Gasteiger partial charge in [-0.15, -0.1) is 0 Å². The third-order valence-electron chi connectivity index (χ3n) is 3.31. The fraction of sp³-hybridized carbons (Fsp3) is 1.00. The third kappa shape index (κ3) is 2.11. The first kappa shape index (κ1) is 10.4. The van der Waals surface area contributed by atoms with Crippen LogP contribution in [0.25, 0.3) is 0 Å². The molecule has 0 aromatic rings. The number of sulfone groups is 1. The molecule has 1 unspecified atom stereocenters. The van der Waals surface area contributed by atoms with E-state index >= 15 is 0 Å². The summed E-state index contributed by atoms with van der Waals surface area (Å²) in [5.74, 6) is 1.23. The van der Waals surface area contributed by atoms with E-state index in [0.29, 0.717) is 11.7 Å². The minimum absolute atomic E-state index is 0.206. The molecule has 3 nitrogen and oxygen atoms in total. The molecule has 2 rings (SSSR count). The predicted molar refractivity (Wildman–Crippen MR) is 57.0 cm³/mol. The quantitative estimate of drug-likeness (QED) is 0.711. The van der Waals surface area contributed by atoms with E-state index in [-0.39, 0.29) is 17.3 Å². The second-order valence-corrected chi connectivity index (χ2v) is 7.49. The maximum Gasteiger partial charge on any atom is 0.153 e. The van der Waals surface area contributed by atoms with Crippen LogP contribution in [0.4, 0.5) is 0 Å². The van der Waals surface area contributed by atoms with E-state index in [2.05, 4.69) is 5.32 Å². The Kier molecular flexibility index (Phi) is 2.39. The highest BCUT2D eigenvalue weighted by molar-refractivity contribution is 7.91. The first-order valence-corrected chi connectivity index (χ1v) is 7.18. The summed E-state index contributed by atoms with van der Waals surface area (Å²) in [4.78, 5) is 0. The minimum atomic E-state index is -2.82. The lowest BCUT2D eigenvalue weighted by molar-refractivity contribution is 0.203. The molecule has 1 saturated carbocycles. The van der Waals surface area contributed by atoms with Crippen LogP contribution in [0.15, 0.2) is 0 Å². The van der Waals surface area contributed by atoms with Crippen LogP contribution in [-0.4, -0.2) is 31.5 Å². The topological polar surface area (TPSA) is 46.2 Å². The first-order chi connectivity index (χ1) is 6.38. The Labute approximate surface area is 86.2 Å². The van der Waals surface area contributed by atoms with Gasteiger partial charge in [0.15, 0.2) is 9.84 Å². The van der Waals surface area contributed by atoms with Gasteiger partial charge in [-0.3, -0.25) is 0 Å². The number of rotatable bonds is 1. The zero-order chi connectivity index (χ0) is 10.4. The van der Waals surface area contributed by atoms with Gasteiger partial charge in [-0.1, -0.05) is 6.42 Å². The Hall–Kier alpha value is -0.0900. The molecule has 4 heteroatoms. The second kappa shape index (κ2) is 3.20. The molecule has 0 radical (unpaired) electrons. The molecule has 0 aromatic carbocycles. The number of nitrogens with one attached hydrogen (secondary N) is 1. The Morgan fingerprint density at radius 1 is 1.29 bits per heavy atom. The van der Waals surface area contributed by atoms with Gasteiger partial charge in [0.25, 0.3) is 0 Å². The van der Waals surface area contributed by atoms with Crippen LogP contribution in [0.3, 0.4) is 0 Å². The molecule has 1 atom stereocenters. The zero-order valence-electron chi connectivity index (χ0n) is 8.91. The molecule has 0 spiro atoms. The van der Waals surface area contributed by atoms with Crippen molar-refractivity contribution in [1.29, 1.82) is 0 Å². The molecule has 0 aromatic heterocycles. The largest absolute Gasteiger partial charge is 0.307 e. The lowest BCUT2D eigenvalue weighted by Gasteiger charge is -2.43. The number of hydrogen-bond donors (Lipinski definition) is 1. The zero-order valence-corrected chi connectivity index (χ0v) is 9.73. The van der Waals surface area contributed by atoms with Crippen LogP contribution in [0.5, 0.6) is 0 Å². The first-order valence-electron chi connectivity index (χ1n) is 5.36. The summed E-state index contributed by atoms with van der Waals surface area (Å²) in [6, 6.07) is 0.206. The third-order valence-corrected chi connectivity index (χ3v) is 5.34. The molecule has 2 fully saturated rings. The molecular formula is C10H19NO2S. The van der Waals surface area contributed by atoms with Crippen molar-refractivity contribution in [2.75, 3.05) is 11.5 Å². The van der Waals surface area contributed by atoms with E-state index in [0.717, 1.165) is 0 Å². The van der Waals surface area contributed by atoms with E-state index in [4.69, 9.17) is 0 Å². The van der Waals surface area contributed by atoms with Crippen molar-refractivity contribution in [2.45, 2.75) is 44.7 Å². The molecule has 14 heavy (non-hydrogen) atoms. The average Bonchev–Trinajstić information content (AvgIpc) is 1.72. The van der Waals surface area contributed by atoms with Gasteiger partial charge < -0.3 is 5.32 Å². The van der Waals surface area contributed by atoms with Gasteiger partial charge in [0, 0.05) is 11.6 Å². The van der Waals surface area contributed by atoms with Crippen molar-refractivity contribution >= 4 is 9.84 Å². The Balaban J connectivity index is 2.12. The number of hydrogen-bond acceptors (Lipinski definition) is 3. The van der Waals surface area contributed by atoms with Gasteiger partial charge in [-0.05, 0) is 32.6 Å². The summed E-state index contributed by atoms with van der Waals surface area (Å²) < 4.78 is 23.4. The van der Waals surface area contributed by atoms with Crippen molar-refractivity contribution in [2.24, 2.45) is 5.92 Å². The molecular weight excluding hydrogens is 198 g/mol. The molecule has 82 valence electrons. The predicted octanol–water partition coefficient (Wildman–Crippen LogP) is 0.952. The fourth-order valence-corrected chi connectivity index (χ4v) is 4.77. The smallest absolute Gasteiger partial charge is 0.153 e. The summed E-state index contributed by atoms with van der Waals surface area (Å²) in [7, 11) is -2.82. The normalized spacial score (nSPS) is 36.3. The Morgan fingerprint density at radius 2 is 1.93 bits per heavy atom. The van der Waals surface area contributed by atoms with Gasteiger partial charge in [0.2, 0.25) is 0 Å². The van der Waals surface area contributed by atoms with Gasteiger partial charge in [-0.2, -0.15) is 0 Å². The van der Waals surface area contributed by atoms with E-state index < -0.39 is 9.84 Å². The summed E-state index contributed by atoms with van der Waals surface area (Å²) >= 11 is 0. The fourth-order valence-electron chi connectivity index (χ4n) is 2.56. The van der Waals surface area contributed by atoms with Crippen molar-refractivity contribution in [3.8, 4) is 0 Å². The lowest BCUT2D eigenvalue weighted by Crippen LogP contribution is -2.61. The summed E-state index contributed by atoms with van der Waals surface area (Å²) in [5, 5.41) is 3.47. The van der Waals surface area contributed by atoms with Crippen LogP contribution in [0.2, 0.25) is 0 Å². The molecule has 2 aliphatic rings. The van der Waals surface area contributed by atoms with Gasteiger partial charge in [0.05, 0.1) is 11.5 Å². The van der Waals surface area contributed by atoms with Crippen LogP contribution >= 0.6 is 0 Å². The van der Waals surface area contributed by atoms with Gasteiger partial charge >= 0.3 is 0 Å². The SMILES string of the molecule is CC1(C)CS(=O)(=O)CC(C2CCC2)N1. The van der Waals surface area contributed by atoms with Crippen LogP contribution < -0.4 is 5.32 Å². The van der Waals surface area contributed by atoms with E-state index in [1.54, 1.807) is 0 Å². The average molecular weight is 217 g/mol. The van der Waals surface area contributed by atoms with Gasteiger partial charge in [0.1, 0.15) is 0 Å². The van der Waals surface area contributed by atoms with Crippen molar-refractivity contribution in [3.05, 3.63) is 0 Å². The Bertz CT molecular complexity index is 317. The highest BCUT2D eigenvalue weighted by Crippen LogP contribution is 2.33. The van der Waals surface area contributed by atoms with Crippen molar-refractivity contribution in [1.82, 2.24) is 5.32 Å². The highest BCUT2D eigenvalue weighted by Gasteiger charge is 2.40. The maximum atomic E-state index is 11.7. The maximum absolute atomic E-state index is 11.7.